The van der Waals surface area contributed by atoms with Gasteiger partial charge in [-0.2, -0.15) is 4.31 Å². The van der Waals surface area contributed by atoms with E-state index in [1.807, 2.05) is 7.05 Å². The zero-order valence-electron chi connectivity index (χ0n) is 23.8. The number of nitrogens with zero attached hydrogens (tertiary/aromatic N) is 3. The highest BCUT2D eigenvalue weighted by Crippen LogP contribution is 2.26. The van der Waals surface area contributed by atoms with E-state index in [1.165, 1.54) is 0 Å². The number of rotatable bonds is 7. The fourth-order valence-corrected chi connectivity index (χ4v) is 6.13. The number of benzene rings is 2. The van der Waals surface area contributed by atoms with Crippen molar-refractivity contribution < 1.29 is 31.8 Å². The lowest BCUT2D eigenvalue weighted by molar-refractivity contribution is -0.345. The van der Waals surface area contributed by atoms with Gasteiger partial charge >= 0.3 is 5.91 Å². The number of piperazine rings is 1. The largest absolute Gasteiger partial charge is 0.401 e. The Hall–Kier alpha value is -3.88. The highest BCUT2D eigenvalue weighted by Gasteiger charge is 2.33. The number of anilines is 2. The van der Waals surface area contributed by atoms with Crippen molar-refractivity contribution in [2.45, 2.75) is 25.2 Å². The molecule has 14 heteroatoms. The van der Waals surface area contributed by atoms with E-state index in [2.05, 4.69) is 20.1 Å². The maximum Gasteiger partial charge on any atom is 0.341 e. The molecule has 2 heterocycles. The minimum Gasteiger partial charge on any atom is -0.401 e. The van der Waals surface area contributed by atoms with E-state index in [0.29, 0.717) is 11.8 Å². The van der Waals surface area contributed by atoms with Crippen molar-refractivity contribution >= 4 is 39.0 Å². The first-order valence-electron chi connectivity index (χ1n) is 13.5. The molecule has 1 fully saturated rings. The van der Waals surface area contributed by atoms with E-state index in [-0.39, 0.29) is 54.0 Å². The van der Waals surface area contributed by atoms with E-state index >= 15 is 0 Å². The Morgan fingerprint density at radius 3 is 2.26 bits per heavy atom. The molecular formula is C28H36F2N7O4S+. The standard InChI is InChI=1S/C28H35F2N7O4S/c1-17(2)27(38)33-25-15-20(36-10-8-35(3)9-11-36)4-5-22(25)28(39)34-26(32)23-16-37(7-6-24(23)31)42(40,41)21-13-18(29)12-19(30)14-21/h4-5,12-15,17H,6-11,16,31H2,1-3H3,(H,33,38)(H2,32,34,39)/p+1. The quantitative estimate of drug-likeness (QED) is 0.258. The number of hydrogen-bond acceptors (Lipinski definition) is 7. The zero-order chi connectivity index (χ0) is 30.8. The highest BCUT2D eigenvalue weighted by atomic mass is 32.2. The molecule has 2 aromatic carbocycles. The van der Waals surface area contributed by atoms with E-state index < -0.39 is 32.5 Å². The summed E-state index contributed by atoms with van der Waals surface area (Å²) in [5, 5.41) is 2.82. The van der Waals surface area contributed by atoms with Crippen LogP contribution in [0, 0.1) is 17.6 Å². The van der Waals surface area contributed by atoms with Crippen LogP contribution in [0.1, 0.15) is 30.6 Å². The number of sulfonamides is 1. The van der Waals surface area contributed by atoms with E-state index in [9.17, 15) is 26.8 Å². The van der Waals surface area contributed by atoms with Crippen LogP contribution in [-0.4, -0.2) is 81.6 Å². The van der Waals surface area contributed by atoms with Gasteiger partial charge in [-0.3, -0.25) is 10.5 Å². The lowest BCUT2D eigenvalue weighted by atomic mass is 10.1. The maximum atomic E-state index is 13.7. The fourth-order valence-electron chi connectivity index (χ4n) is 4.68. The molecule has 0 aromatic heterocycles. The molecule has 2 aliphatic heterocycles. The Morgan fingerprint density at radius 2 is 1.64 bits per heavy atom. The fraction of sp³-hybridized carbons (Fsp3) is 0.393. The molecule has 1 saturated heterocycles. The van der Waals surface area contributed by atoms with Crippen molar-refractivity contribution in [3.63, 3.8) is 0 Å². The second kappa shape index (κ2) is 12.5. The number of likely N-dealkylation sites (N-methyl/N-ethyl adjacent to an activating group) is 1. The Kier molecular flexibility index (Phi) is 9.28. The van der Waals surface area contributed by atoms with Gasteiger partial charge in [-0.05, 0) is 37.4 Å². The van der Waals surface area contributed by atoms with E-state index in [4.69, 9.17) is 11.5 Å². The summed E-state index contributed by atoms with van der Waals surface area (Å²) < 4.78 is 54.8. The molecule has 0 atom stereocenters. The zero-order valence-corrected chi connectivity index (χ0v) is 24.6. The molecule has 226 valence electrons. The third kappa shape index (κ3) is 6.94. The average molecular weight is 605 g/mol. The number of carbonyl (C=O) groups excluding carboxylic acids is 2. The van der Waals surface area contributed by atoms with Crippen LogP contribution in [0.4, 0.5) is 20.2 Å². The van der Waals surface area contributed by atoms with Gasteiger partial charge in [-0.25, -0.2) is 27.0 Å². The summed E-state index contributed by atoms with van der Waals surface area (Å²) in [6, 6.07) is 7.18. The molecule has 0 unspecified atom stereocenters. The molecule has 2 amide bonds. The number of hydrogen-bond donors (Lipinski definition) is 4. The monoisotopic (exact) mass is 604 g/mol. The van der Waals surface area contributed by atoms with Crippen molar-refractivity contribution in [3.8, 4) is 0 Å². The molecule has 42 heavy (non-hydrogen) atoms. The van der Waals surface area contributed by atoms with Gasteiger partial charge in [0.2, 0.25) is 15.9 Å². The van der Waals surface area contributed by atoms with Crippen LogP contribution in [0.3, 0.4) is 0 Å². The molecule has 11 nitrogen and oxygen atoms in total. The molecule has 0 saturated carbocycles. The number of amidine groups is 1. The first-order valence-corrected chi connectivity index (χ1v) is 15.0. The van der Waals surface area contributed by atoms with Crippen molar-refractivity contribution in [1.82, 2.24) is 9.21 Å². The van der Waals surface area contributed by atoms with Crippen LogP contribution >= 0.6 is 0 Å². The lowest BCUT2D eigenvalue weighted by Crippen LogP contribution is -2.80. The van der Waals surface area contributed by atoms with Gasteiger partial charge in [0.15, 0.2) is 0 Å². The van der Waals surface area contributed by atoms with Gasteiger partial charge in [0.25, 0.3) is 5.84 Å². The van der Waals surface area contributed by atoms with Crippen LogP contribution in [0.2, 0.25) is 0 Å². The molecule has 2 aliphatic rings. The second-order valence-electron chi connectivity index (χ2n) is 10.7. The Morgan fingerprint density at radius 1 is 1.00 bits per heavy atom. The molecule has 0 spiro atoms. The Bertz CT molecular complexity index is 1530. The number of amides is 2. The Labute approximate surface area is 243 Å². The van der Waals surface area contributed by atoms with Crippen LogP contribution in [0.15, 0.2) is 52.6 Å². The summed E-state index contributed by atoms with van der Waals surface area (Å²) in [6.45, 7) is 6.43. The third-order valence-corrected chi connectivity index (χ3v) is 9.12. The van der Waals surface area contributed by atoms with Crippen molar-refractivity contribution in [1.29, 1.82) is 0 Å². The molecule has 0 radical (unpaired) electrons. The van der Waals surface area contributed by atoms with Crippen molar-refractivity contribution in [3.05, 3.63) is 64.9 Å². The van der Waals surface area contributed by atoms with Crippen LogP contribution in [-0.2, 0) is 14.8 Å². The summed E-state index contributed by atoms with van der Waals surface area (Å²) in [7, 11) is -2.25. The summed E-state index contributed by atoms with van der Waals surface area (Å²) >= 11 is 0. The smallest absolute Gasteiger partial charge is 0.341 e. The summed E-state index contributed by atoms with van der Waals surface area (Å²) in [5.41, 5.74) is 14.1. The summed E-state index contributed by atoms with van der Waals surface area (Å²) in [5.74, 6) is -3.48. The highest BCUT2D eigenvalue weighted by molar-refractivity contribution is 7.89. The topological polar surface area (TPSA) is 156 Å². The summed E-state index contributed by atoms with van der Waals surface area (Å²) in [6.07, 6.45) is 0.0817. The Balaban J connectivity index is 1.62. The number of halogens is 2. The predicted octanol–water partition coefficient (Wildman–Crippen LogP) is 0.197. The van der Waals surface area contributed by atoms with Crippen LogP contribution in [0.5, 0.6) is 0 Å². The molecular weight excluding hydrogens is 568 g/mol. The number of nitrogens with one attached hydrogen (secondary N) is 2. The second-order valence-corrected chi connectivity index (χ2v) is 12.7. The van der Waals surface area contributed by atoms with Crippen LogP contribution < -0.4 is 26.7 Å². The first-order chi connectivity index (χ1) is 19.8. The van der Waals surface area contributed by atoms with Crippen molar-refractivity contribution in [2.75, 3.05) is 56.5 Å². The number of nitrogens with two attached hydrogens (primary N) is 2. The van der Waals surface area contributed by atoms with Gasteiger partial charge in [0.05, 0.1) is 21.7 Å². The first kappa shape index (κ1) is 31.1. The van der Waals surface area contributed by atoms with Gasteiger partial charge in [-0.15, -0.1) is 0 Å². The minimum atomic E-state index is -4.30. The maximum absolute atomic E-state index is 13.7. The normalized spacial score (nSPS) is 17.6. The third-order valence-electron chi connectivity index (χ3n) is 7.30. The molecule has 4 rings (SSSR count). The molecule has 0 bridgehead atoms. The average Bonchev–Trinajstić information content (AvgIpc) is 2.92. The molecule has 0 aliphatic carbocycles. The van der Waals surface area contributed by atoms with Crippen molar-refractivity contribution in [2.24, 2.45) is 17.4 Å². The SMILES string of the molecule is CC(C)C(=O)Nc1cc(N2CCN(C)CC2)ccc1C(=O)[NH+]=C(N)C1=C(N)CCN(S(=O)(=O)c2cc(F)cc(F)c2)C1. The van der Waals surface area contributed by atoms with Gasteiger partial charge in [0, 0.05) is 69.1 Å². The number of carbonyl (C=O) groups is 2. The molecule has 6 N–H and O–H groups in total. The van der Waals surface area contributed by atoms with E-state index in [0.717, 1.165) is 48.3 Å². The lowest BCUT2D eigenvalue weighted by Gasteiger charge is -2.34. The van der Waals surface area contributed by atoms with E-state index in [1.54, 1.807) is 32.0 Å². The summed E-state index contributed by atoms with van der Waals surface area (Å²) in [4.78, 5) is 32.4. The molecule has 2 aromatic rings. The predicted molar refractivity (Wildman–Crippen MR) is 155 cm³/mol. The van der Waals surface area contributed by atoms with Gasteiger partial charge in [0.1, 0.15) is 11.6 Å². The minimum absolute atomic E-state index is 0.0455. The van der Waals surface area contributed by atoms with Crippen LogP contribution in [0.25, 0.3) is 0 Å². The van der Waals surface area contributed by atoms with Gasteiger partial charge in [-0.1, -0.05) is 13.8 Å². The van der Waals surface area contributed by atoms with Gasteiger partial charge < -0.3 is 20.9 Å².